The summed E-state index contributed by atoms with van der Waals surface area (Å²) in [5, 5.41) is 3.99. The van der Waals surface area contributed by atoms with Crippen LogP contribution in [0.4, 0.5) is 0 Å². The molecule has 0 aromatic carbocycles. The van der Waals surface area contributed by atoms with Gasteiger partial charge in [0.1, 0.15) is 17.3 Å². The normalized spacial score (nSPS) is 19.2. The van der Waals surface area contributed by atoms with Crippen molar-refractivity contribution < 1.29 is 14.3 Å². The second-order valence-electron chi connectivity index (χ2n) is 6.03. The first-order chi connectivity index (χ1) is 9.29. The van der Waals surface area contributed by atoms with Crippen LogP contribution in [0.5, 0.6) is 0 Å². The summed E-state index contributed by atoms with van der Waals surface area (Å²) in [4.78, 5) is 26.2. The second kappa shape index (κ2) is 5.26. The first kappa shape index (κ1) is 14.6. The van der Waals surface area contributed by atoms with Crippen LogP contribution in [0.2, 0.25) is 0 Å². The van der Waals surface area contributed by atoms with E-state index in [1.165, 1.54) is 4.68 Å². The Hall–Kier alpha value is -1.85. The van der Waals surface area contributed by atoms with Crippen LogP contribution in [0.3, 0.4) is 0 Å². The molecule has 110 valence electrons. The summed E-state index contributed by atoms with van der Waals surface area (Å²) in [7, 11) is 1.71. The smallest absolute Gasteiger partial charge is 0.329 e. The Morgan fingerprint density at radius 1 is 1.40 bits per heavy atom. The van der Waals surface area contributed by atoms with Gasteiger partial charge in [-0.1, -0.05) is 0 Å². The third-order valence-electron chi connectivity index (χ3n) is 3.23. The van der Waals surface area contributed by atoms with E-state index < -0.39 is 11.6 Å². The molecule has 1 aromatic rings. The fraction of sp³-hybridized carbons (Fsp3) is 0.643. The van der Waals surface area contributed by atoms with Crippen LogP contribution in [0, 0.1) is 0 Å². The molecule has 1 amide bonds. The molecule has 0 N–H and O–H groups in total. The third kappa shape index (κ3) is 3.00. The SMILES string of the molecule is Cn1nccc1C(=O)N1CCC[C@H]1C(=O)OC(C)(C)C. The molecule has 0 saturated carbocycles. The van der Waals surface area contributed by atoms with Crippen molar-refractivity contribution in [2.75, 3.05) is 6.54 Å². The molecule has 20 heavy (non-hydrogen) atoms. The molecule has 2 rings (SSSR count). The van der Waals surface area contributed by atoms with Gasteiger partial charge in [0.05, 0.1) is 0 Å². The third-order valence-corrected chi connectivity index (χ3v) is 3.23. The van der Waals surface area contributed by atoms with Crippen LogP contribution in [0.25, 0.3) is 0 Å². The minimum atomic E-state index is -0.541. The van der Waals surface area contributed by atoms with Crippen molar-refractivity contribution in [3.05, 3.63) is 18.0 Å². The standard InChI is InChI=1S/C14H21N3O3/c1-14(2,3)20-13(19)11-6-5-9-17(11)12(18)10-7-8-15-16(10)4/h7-8,11H,5-6,9H2,1-4H3/t11-/m0/s1. The van der Waals surface area contributed by atoms with E-state index in [2.05, 4.69) is 5.10 Å². The highest BCUT2D eigenvalue weighted by Crippen LogP contribution is 2.23. The second-order valence-corrected chi connectivity index (χ2v) is 6.03. The van der Waals surface area contributed by atoms with Gasteiger partial charge in [0.15, 0.2) is 0 Å². The molecule has 1 aliphatic heterocycles. The zero-order valence-corrected chi connectivity index (χ0v) is 12.4. The Bertz CT molecular complexity index is 516. The van der Waals surface area contributed by atoms with Gasteiger partial charge < -0.3 is 9.64 Å². The van der Waals surface area contributed by atoms with Gasteiger partial charge in [-0.2, -0.15) is 5.10 Å². The molecule has 2 heterocycles. The van der Waals surface area contributed by atoms with Gasteiger partial charge in [-0.3, -0.25) is 9.48 Å². The predicted molar refractivity (Wildman–Crippen MR) is 73.1 cm³/mol. The number of aryl methyl sites for hydroxylation is 1. The van der Waals surface area contributed by atoms with Crippen LogP contribution in [0.15, 0.2) is 12.3 Å². The van der Waals surface area contributed by atoms with Gasteiger partial charge in [0.25, 0.3) is 5.91 Å². The number of hydrogen-bond acceptors (Lipinski definition) is 4. The number of esters is 1. The van der Waals surface area contributed by atoms with Crippen molar-refractivity contribution in [1.29, 1.82) is 0 Å². The number of ether oxygens (including phenoxy) is 1. The summed E-state index contributed by atoms with van der Waals surface area (Å²) < 4.78 is 6.92. The van der Waals surface area contributed by atoms with E-state index in [0.717, 1.165) is 6.42 Å². The van der Waals surface area contributed by atoms with Gasteiger partial charge in [-0.25, -0.2) is 4.79 Å². The minimum Gasteiger partial charge on any atom is -0.458 e. The molecule has 0 aliphatic carbocycles. The first-order valence-electron chi connectivity index (χ1n) is 6.81. The maximum Gasteiger partial charge on any atom is 0.329 e. The van der Waals surface area contributed by atoms with Gasteiger partial charge in [0, 0.05) is 19.8 Å². The zero-order chi connectivity index (χ0) is 14.9. The number of aromatic nitrogens is 2. The lowest BCUT2D eigenvalue weighted by Gasteiger charge is -2.27. The summed E-state index contributed by atoms with van der Waals surface area (Å²) in [6, 6.07) is 1.17. The number of amides is 1. The van der Waals surface area contributed by atoms with Gasteiger partial charge in [0.2, 0.25) is 0 Å². The topological polar surface area (TPSA) is 64.4 Å². The number of hydrogen-bond donors (Lipinski definition) is 0. The molecule has 1 fully saturated rings. The monoisotopic (exact) mass is 279 g/mol. The van der Waals surface area contributed by atoms with Crippen molar-refractivity contribution >= 4 is 11.9 Å². The Morgan fingerprint density at radius 3 is 2.65 bits per heavy atom. The number of likely N-dealkylation sites (tertiary alicyclic amines) is 1. The molecule has 0 radical (unpaired) electrons. The number of carbonyl (C=O) groups is 2. The van der Waals surface area contributed by atoms with E-state index in [9.17, 15) is 9.59 Å². The van der Waals surface area contributed by atoms with Gasteiger partial charge >= 0.3 is 5.97 Å². The van der Waals surface area contributed by atoms with Crippen molar-refractivity contribution in [3.8, 4) is 0 Å². The van der Waals surface area contributed by atoms with Crippen LogP contribution in [-0.2, 0) is 16.6 Å². The Labute approximate surface area is 118 Å². The van der Waals surface area contributed by atoms with Crippen molar-refractivity contribution in [1.82, 2.24) is 14.7 Å². The molecule has 1 saturated heterocycles. The quantitative estimate of drug-likeness (QED) is 0.767. The minimum absolute atomic E-state index is 0.168. The molecular weight excluding hydrogens is 258 g/mol. The highest BCUT2D eigenvalue weighted by molar-refractivity contribution is 5.95. The molecule has 6 heteroatoms. The van der Waals surface area contributed by atoms with E-state index in [4.69, 9.17) is 4.74 Å². The van der Waals surface area contributed by atoms with E-state index in [1.54, 1.807) is 24.2 Å². The average molecular weight is 279 g/mol. The fourth-order valence-electron chi connectivity index (χ4n) is 2.36. The molecule has 1 aromatic heterocycles. The molecule has 1 aliphatic rings. The zero-order valence-electron chi connectivity index (χ0n) is 12.4. The van der Waals surface area contributed by atoms with Crippen molar-refractivity contribution in [2.24, 2.45) is 7.05 Å². The maximum atomic E-state index is 12.5. The molecule has 6 nitrogen and oxygen atoms in total. The fourth-order valence-corrected chi connectivity index (χ4v) is 2.36. The summed E-state index contributed by atoms with van der Waals surface area (Å²) in [6.07, 6.45) is 3.04. The van der Waals surface area contributed by atoms with Crippen LogP contribution in [-0.4, -0.2) is 44.7 Å². The van der Waals surface area contributed by atoms with Crippen LogP contribution >= 0.6 is 0 Å². The van der Waals surface area contributed by atoms with E-state index in [0.29, 0.717) is 18.7 Å². The summed E-state index contributed by atoms with van der Waals surface area (Å²) >= 11 is 0. The first-order valence-corrected chi connectivity index (χ1v) is 6.81. The molecule has 0 spiro atoms. The highest BCUT2D eigenvalue weighted by Gasteiger charge is 2.37. The molecule has 0 bridgehead atoms. The van der Waals surface area contributed by atoms with E-state index >= 15 is 0 Å². The highest BCUT2D eigenvalue weighted by atomic mass is 16.6. The number of nitrogens with zero attached hydrogens (tertiary/aromatic N) is 3. The molecule has 0 unspecified atom stereocenters. The molecular formula is C14H21N3O3. The maximum absolute atomic E-state index is 12.5. The van der Waals surface area contributed by atoms with E-state index in [1.807, 2.05) is 20.8 Å². The van der Waals surface area contributed by atoms with Gasteiger partial charge in [-0.05, 0) is 39.7 Å². The number of carbonyl (C=O) groups excluding carboxylic acids is 2. The van der Waals surface area contributed by atoms with Crippen LogP contribution < -0.4 is 0 Å². The predicted octanol–water partition coefficient (Wildman–Crippen LogP) is 1.37. The lowest BCUT2D eigenvalue weighted by atomic mass is 10.1. The van der Waals surface area contributed by atoms with Crippen molar-refractivity contribution in [2.45, 2.75) is 45.3 Å². The summed E-state index contributed by atoms with van der Waals surface area (Å²) in [5.74, 6) is -0.496. The number of rotatable bonds is 2. The Kier molecular flexibility index (Phi) is 3.83. The van der Waals surface area contributed by atoms with Gasteiger partial charge in [-0.15, -0.1) is 0 Å². The Balaban J connectivity index is 2.13. The largest absolute Gasteiger partial charge is 0.458 e. The summed E-state index contributed by atoms with van der Waals surface area (Å²) in [5.41, 5.74) is -0.0542. The lowest BCUT2D eigenvalue weighted by Crippen LogP contribution is -2.44. The lowest BCUT2D eigenvalue weighted by molar-refractivity contribution is -0.159. The average Bonchev–Trinajstić information content (AvgIpc) is 2.93. The molecule has 1 atom stereocenters. The van der Waals surface area contributed by atoms with Crippen LogP contribution in [0.1, 0.15) is 44.1 Å². The summed E-state index contributed by atoms with van der Waals surface area (Å²) in [6.45, 7) is 6.06. The van der Waals surface area contributed by atoms with E-state index in [-0.39, 0.29) is 11.9 Å². The van der Waals surface area contributed by atoms with Crippen molar-refractivity contribution in [3.63, 3.8) is 0 Å². The Morgan fingerprint density at radius 2 is 2.10 bits per heavy atom.